The van der Waals surface area contributed by atoms with Crippen LogP contribution in [-0.4, -0.2) is 17.5 Å². The summed E-state index contributed by atoms with van der Waals surface area (Å²) in [5.74, 6) is 0.0938. The van der Waals surface area contributed by atoms with E-state index < -0.39 is 0 Å². The first-order valence-electron chi connectivity index (χ1n) is 10.7. The van der Waals surface area contributed by atoms with E-state index >= 15 is 0 Å². The van der Waals surface area contributed by atoms with Gasteiger partial charge in [-0.1, -0.05) is 42.5 Å². The van der Waals surface area contributed by atoms with Crippen molar-refractivity contribution < 1.29 is 13.9 Å². The van der Waals surface area contributed by atoms with E-state index in [-0.39, 0.29) is 17.8 Å². The van der Waals surface area contributed by atoms with Gasteiger partial charge in [0.1, 0.15) is 17.3 Å². The summed E-state index contributed by atoms with van der Waals surface area (Å²) < 4.78 is 18.3. The van der Waals surface area contributed by atoms with Crippen LogP contribution in [0.25, 0.3) is 11.1 Å². The SMILES string of the molecule is Nc1cccc(-c2ccccc2)c1.O=C(NC1CCOc2cccnc21)c1ccc(F)cc1. The predicted octanol–water partition coefficient (Wildman–Crippen LogP) is 5.41. The van der Waals surface area contributed by atoms with Crippen LogP contribution in [0, 0.1) is 5.82 Å². The van der Waals surface area contributed by atoms with E-state index in [1.165, 1.54) is 35.4 Å². The number of fused-ring (bicyclic) bond motifs is 1. The van der Waals surface area contributed by atoms with Crippen molar-refractivity contribution in [3.8, 4) is 16.9 Å². The Morgan fingerprint density at radius 2 is 1.70 bits per heavy atom. The molecule has 1 aromatic heterocycles. The molecule has 0 saturated carbocycles. The van der Waals surface area contributed by atoms with Crippen LogP contribution in [0.15, 0.2) is 97.2 Å². The van der Waals surface area contributed by atoms with E-state index in [2.05, 4.69) is 28.5 Å². The molecule has 1 amide bonds. The Bertz CT molecular complexity index is 1210. The minimum Gasteiger partial charge on any atom is -0.491 e. The summed E-state index contributed by atoms with van der Waals surface area (Å²) in [6.07, 6.45) is 2.33. The molecule has 6 heteroatoms. The maximum Gasteiger partial charge on any atom is 0.251 e. The summed E-state index contributed by atoms with van der Waals surface area (Å²) in [6.45, 7) is 0.535. The lowest BCUT2D eigenvalue weighted by Crippen LogP contribution is -2.32. The number of nitrogens with zero attached hydrogens (tertiary/aromatic N) is 1. The van der Waals surface area contributed by atoms with Crippen molar-refractivity contribution in [3.63, 3.8) is 0 Å². The van der Waals surface area contributed by atoms with Gasteiger partial charge in [0.25, 0.3) is 5.91 Å². The first kappa shape index (κ1) is 22.0. The van der Waals surface area contributed by atoms with Gasteiger partial charge in [-0.2, -0.15) is 0 Å². The molecule has 5 nitrogen and oxygen atoms in total. The van der Waals surface area contributed by atoms with Crippen molar-refractivity contribution in [1.29, 1.82) is 0 Å². The maximum absolute atomic E-state index is 12.8. The van der Waals surface area contributed by atoms with Crippen molar-refractivity contribution >= 4 is 11.6 Å². The molecule has 0 saturated heterocycles. The van der Waals surface area contributed by atoms with Gasteiger partial charge in [0.15, 0.2) is 0 Å². The van der Waals surface area contributed by atoms with E-state index in [9.17, 15) is 9.18 Å². The molecule has 0 spiro atoms. The van der Waals surface area contributed by atoms with Gasteiger partial charge < -0.3 is 15.8 Å². The highest BCUT2D eigenvalue weighted by Gasteiger charge is 2.24. The largest absolute Gasteiger partial charge is 0.491 e. The Labute approximate surface area is 192 Å². The van der Waals surface area contributed by atoms with E-state index in [4.69, 9.17) is 10.5 Å². The van der Waals surface area contributed by atoms with Gasteiger partial charge in [-0.05, 0) is 59.7 Å². The van der Waals surface area contributed by atoms with Crippen molar-refractivity contribution in [2.75, 3.05) is 12.3 Å². The number of nitrogens with two attached hydrogens (primary N) is 1. The number of nitrogens with one attached hydrogen (secondary N) is 1. The number of pyridine rings is 1. The molecule has 1 atom stereocenters. The summed E-state index contributed by atoms with van der Waals surface area (Å²) in [4.78, 5) is 16.4. The zero-order valence-electron chi connectivity index (χ0n) is 17.9. The molecular formula is C27H24FN3O2. The number of hydrogen-bond acceptors (Lipinski definition) is 4. The van der Waals surface area contributed by atoms with Crippen molar-refractivity contribution in [2.24, 2.45) is 0 Å². The molecule has 3 N–H and O–H groups in total. The van der Waals surface area contributed by atoms with Gasteiger partial charge in [-0.15, -0.1) is 0 Å². The smallest absolute Gasteiger partial charge is 0.251 e. The lowest BCUT2D eigenvalue weighted by molar-refractivity contribution is 0.0923. The van der Waals surface area contributed by atoms with Crippen LogP contribution in [0.1, 0.15) is 28.5 Å². The number of nitrogen functional groups attached to an aromatic ring is 1. The highest BCUT2D eigenvalue weighted by atomic mass is 19.1. The van der Waals surface area contributed by atoms with E-state index in [0.29, 0.717) is 24.3 Å². The number of amides is 1. The summed E-state index contributed by atoms with van der Waals surface area (Å²) >= 11 is 0. The van der Waals surface area contributed by atoms with Gasteiger partial charge in [0, 0.05) is 23.9 Å². The maximum atomic E-state index is 12.8. The Balaban J connectivity index is 0.000000172. The molecule has 1 unspecified atom stereocenters. The van der Waals surface area contributed by atoms with Gasteiger partial charge in [-0.25, -0.2) is 4.39 Å². The molecule has 33 heavy (non-hydrogen) atoms. The highest BCUT2D eigenvalue weighted by molar-refractivity contribution is 5.94. The van der Waals surface area contributed by atoms with Crippen LogP contribution < -0.4 is 15.8 Å². The van der Waals surface area contributed by atoms with Gasteiger partial charge >= 0.3 is 0 Å². The fraction of sp³-hybridized carbons (Fsp3) is 0.111. The fourth-order valence-electron chi connectivity index (χ4n) is 3.54. The second kappa shape index (κ2) is 10.4. The number of anilines is 1. The molecule has 0 bridgehead atoms. The molecule has 1 aliphatic heterocycles. The fourth-order valence-corrected chi connectivity index (χ4v) is 3.54. The van der Waals surface area contributed by atoms with Gasteiger partial charge in [0.05, 0.1) is 12.6 Å². The minimum atomic E-state index is -0.361. The standard InChI is InChI=1S/C15H13FN2O2.C12H11N/c16-11-5-3-10(4-6-11)15(19)18-12-7-9-20-13-2-1-8-17-14(12)13;13-12-8-4-7-11(9-12)10-5-2-1-3-6-10/h1-6,8,12H,7,9H2,(H,18,19);1-9H,13H2. The lowest BCUT2D eigenvalue weighted by atomic mass is 10.1. The molecule has 0 radical (unpaired) electrons. The third-order valence-corrected chi connectivity index (χ3v) is 5.20. The summed E-state index contributed by atoms with van der Waals surface area (Å²) in [5, 5.41) is 2.91. The van der Waals surface area contributed by atoms with Crippen LogP contribution in [-0.2, 0) is 0 Å². The molecule has 0 fully saturated rings. The minimum absolute atomic E-state index is 0.183. The summed E-state index contributed by atoms with van der Waals surface area (Å²) in [6, 6.07) is 27.0. The number of carbonyl (C=O) groups excluding carboxylic acids is 1. The topological polar surface area (TPSA) is 77.2 Å². The van der Waals surface area contributed by atoms with Gasteiger partial charge in [0.2, 0.25) is 0 Å². The molecule has 166 valence electrons. The summed E-state index contributed by atoms with van der Waals surface area (Å²) in [7, 11) is 0. The molecule has 0 aliphatic carbocycles. The third-order valence-electron chi connectivity index (χ3n) is 5.20. The number of carbonyl (C=O) groups is 1. The van der Waals surface area contributed by atoms with Crippen LogP contribution in [0.2, 0.25) is 0 Å². The quantitative estimate of drug-likeness (QED) is 0.417. The van der Waals surface area contributed by atoms with E-state index in [0.717, 1.165) is 11.4 Å². The summed E-state index contributed by atoms with van der Waals surface area (Å²) in [5.41, 5.74) is 10.0. The zero-order valence-corrected chi connectivity index (χ0v) is 17.9. The Kier molecular flexibility index (Phi) is 6.95. The Hall–Kier alpha value is -4.19. The van der Waals surface area contributed by atoms with E-state index in [1.807, 2.05) is 42.5 Å². The first-order chi connectivity index (χ1) is 16.1. The average Bonchev–Trinajstić information content (AvgIpc) is 2.86. The highest BCUT2D eigenvalue weighted by Crippen LogP contribution is 2.29. The van der Waals surface area contributed by atoms with Crippen molar-refractivity contribution in [3.05, 3.63) is 114 Å². The van der Waals surface area contributed by atoms with Crippen LogP contribution in [0.5, 0.6) is 5.75 Å². The van der Waals surface area contributed by atoms with Crippen LogP contribution in [0.3, 0.4) is 0 Å². The van der Waals surface area contributed by atoms with E-state index in [1.54, 1.807) is 12.3 Å². The predicted molar refractivity (Wildman–Crippen MR) is 127 cm³/mol. The number of benzene rings is 3. The molecule has 2 heterocycles. The number of aromatic nitrogens is 1. The van der Waals surface area contributed by atoms with Crippen LogP contribution in [0.4, 0.5) is 10.1 Å². The average molecular weight is 442 g/mol. The van der Waals surface area contributed by atoms with Gasteiger partial charge in [-0.3, -0.25) is 9.78 Å². The molecule has 4 aromatic rings. The normalized spacial score (nSPS) is 14.2. The lowest BCUT2D eigenvalue weighted by Gasteiger charge is -2.25. The van der Waals surface area contributed by atoms with Crippen molar-refractivity contribution in [2.45, 2.75) is 12.5 Å². The zero-order chi connectivity index (χ0) is 23.0. The number of ether oxygens (including phenoxy) is 1. The second-order valence-electron chi connectivity index (χ2n) is 7.55. The monoisotopic (exact) mass is 441 g/mol. The molecule has 5 rings (SSSR count). The van der Waals surface area contributed by atoms with Crippen LogP contribution >= 0.6 is 0 Å². The molecule has 1 aliphatic rings. The van der Waals surface area contributed by atoms with Crippen molar-refractivity contribution in [1.82, 2.24) is 10.3 Å². The Morgan fingerprint density at radius 1 is 0.939 bits per heavy atom. The first-order valence-corrected chi connectivity index (χ1v) is 10.7. The third kappa shape index (κ3) is 5.74. The molecular weight excluding hydrogens is 417 g/mol. The molecule has 3 aromatic carbocycles. The number of hydrogen-bond donors (Lipinski definition) is 2. The number of halogens is 1. The second-order valence-corrected chi connectivity index (χ2v) is 7.55. The Morgan fingerprint density at radius 3 is 2.45 bits per heavy atom. The number of rotatable bonds is 3.